The van der Waals surface area contributed by atoms with Crippen molar-refractivity contribution in [2.45, 2.75) is 24.3 Å². The summed E-state index contributed by atoms with van der Waals surface area (Å²) in [6.07, 6.45) is 1.66. The summed E-state index contributed by atoms with van der Waals surface area (Å²) < 4.78 is 4.93. The van der Waals surface area contributed by atoms with Crippen LogP contribution in [-0.2, 0) is 9.53 Å². The Bertz CT molecular complexity index is 560. The Morgan fingerprint density at radius 3 is 2.65 bits per heavy atom. The van der Waals surface area contributed by atoms with Gasteiger partial charge in [0.1, 0.15) is 10.9 Å². The number of rotatable bonds is 5. The van der Waals surface area contributed by atoms with Gasteiger partial charge in [-0.25, -0.2) is 4.98 Å². The van der Waals surface area contributed by atoms with Crippen LogP contribution in [0.15, 0.2) is 41.7 Å². The summed E-state index contributed by atoms with van der Waals surface area (Å²) in [6, 6.07) is 9.69. The zero-order valence-electron chi connectivity index (χ0n) is 11.3. The SMILES string of the molecule is CCOC(=O)C(C)Sc1ncc(-c2ccccc2)nn1. The zero-order valence-corrected chi connectivity index (χ0v) is 12.1. The first-order valence-corrected chi connectivity index (χ1v) is 7.17. The van der Waals surface area contributed by atoms with E-state index in [1.807, 2.05) is 30.3 Å². The lowest BCUT2D eigenvalue weighted by Gasteiger charge is -2.08. The average Bonchev–Trinajstić information content (AvgIpc) is 2.49. The van der Waals surface area contributed by atoms with Crippen LogP contribution in [0.5, 0.6) is 0 Å². The predicted octanol–water partition coefficient (Wildman–Crippen LogP) is 2.58. The Balaban J connectivity index is 2.04. The smallest absolute Gasteiger partial charge is 0.319 e. The van der Waals surface area contributed by atoms with E-state index < -0.39 is 0 Å². The average molecular weight is 289 g/mol. The van der Waals surface area contributed by atoms with E-state index in [-0.39, 0.29) is 11.2 Å². The maximum Gasteiger partial charge on any atom is 0.319 e. The van der Waals surface area contributed by atoms with Crippen LogP contribution in [0, 0.1) is 0 Å². The minimum Gasteiger partial charge on any atom is -0.465 e. The fourth-order valence-electron chi connectivity index (χ4n) is 1.53. The lowest BCUT2D eigenvalue weighted by molar-refractivity contribution is -0.142. The number of benzene rings is 1. The van der Waals surface area contributed by atoms with Gasteiger partial charge in [-0.3, -0.25) is 4.79 Å². The van der Waals surface area contributed by atoms with Crippen molar-refractivity contribution in [2.75, 3.05) is 6.61 Å². The first-order chi connectivity index (χ1) is 9.70. The van der Waals surface area contributed by atoms with Crippen LogP contribution in [-0.4, -0.2) is 33.0 Å². The molecule has 6 heteroatoms. The second kappa shape index (κ2) is 7.00. The molecule has 20 heavy (non-hydrogen) atoms. The third kappa shape index (κ3) is 3.77. The van der Waals surface area contributed by atoms with Gasteiger partial charge in [-0.05, 0) is 13.8 Å². The van der Waals surface area contributed by atoms with Gasteiger partial charge in [-0.15, -0.1) is 10.2 Å². The monoisotopic (exact) mass is 289 g/mol. The lowest BCUT2D eigenvalue weighted by atomic mass is 10.2. The molecule has 0 aliphatic carbocycles. The molecule has 1 aromatic heterocycles. The highest BCUT2D eigenvalue weighted by Crippen LogP contribution is 2.21. The molecule has 0 spiro atoms. The second-order valence-corrected chi connectivity index (χ2v) is 5.31. The molecular formula is C14H15N3O2S. The fraction of sp³-hybridized carbons (Fsp3) is 0.286. The van der Waals surface area contributed by atoms with Crippen LogP contribution in [0.2, 0.25) is 0 Å². The zero-order chi connectivity index (χ0) is 14.4. The van der Waals surface area contributed by atoms with Crippen molar-refractivity contribution >= 4 is 17.7 Å². The first-order valence-electron chi connectivity index (χ1n) is 6.29. The Hall–Kier alpha value is -1.95. The van der Waals surface area contributed by atoms with Gasteiger partial charge in [-0.2, -0.15) is 0 Å². The molecule has 0 saturated carbocycles. The molecule has 2 rings (SSSR count). The molecule has 0 bridgehead atoms. The van der Waals surface area contributed by atoms with E-state index in [1.165, 1.54) is 11.8 Å². The molecule has 1 unspecified atom stereocenters. The normalized spacial score (nSPS) is 11.9. The number of carbonyl (C=O) groups excluding carboxylic acids is 1. The van der Waals surface area contributed by atoms with E-state index in [2.05, 4.69) is 15.2 Å². The molecule has 0 N–H and O–H groups in total. The van der Waals surface area contributed by atoms with Gasteiger partial charge in [0.05, 0.1) is 12.8 Å². The molecule has 1 heterocycles. The summed E-state index contributed by atoms with van der Waals surface area (Å²) in [5, 5.41) is 8.27. The van der Waals surface area contributed by atoms with E-state index in [0.717, 1.165) is 5.56 Å². The van der Waals surface area contributed by atoms with Gasteiger partial charge >= 0.3 is 5.97 Å². The molecule has 5 nitrogen and oxygen atoms in total. The van der Waals surface area contributed by atoms with E-state index in [4.69, 9.17) is 4.74 Å². The Labute approximate surface area is 121 Å². The van der Waals surface area contributed by atoms with Crippen molar-refractivity contribution in [1.82, 2.24) is 15.2 Å². The molecule has 2 aromatic rings. The Morgan fingerprint density at radius 1 is 1.30 bits per heavy atom. The summed E-state index contributed by atoms with van der Waals surface area (Å²) in [4.78, 5) is 15.7. The van der Waals surface area contributed by atoms with Crippen molar-refractivity contribution in [1.29, 1.82) is 0 Å². The fourth-order valence-corrected chi connectivity index (χ4v) is 2.21. The van der Waals surface area contributed by atoms with Gasteiger partial charge in [0.2, 0.25) is 5.16 Å². The van der Waals surface area contributed by atoms with Gasteiger partial charge in [0, 0.05) is 5.56 Å². The number of aromatic nitrogens is 3. The first kappa shape index (κ1) is 14.5. The van der Waals surface area contributed by atoms with E-state index >= 15 is 0 Å². The van der Waals surface area contributed by atoms with Crippen molar-refractivity contribution in [3.63, 3.8) is 0 Å². The van der Waals surface area contributed by atoms with Crippen molar-refractivity contribution in [3.05, 3.63) is 36.5 Å². The van der Waals surface area contributed by atoms with Crippen LogP contribution in [0.4, 0.5) is 0 Å². The minimum absolute atomic E-state index is 0.270. The second-order valence-electron chi connectivity index (χ2n) is 4.00. The number of esters is 1. The molecule has 104 valence electrons. The van der Waals surface area contributed by atoms with Crippen molar-refractivity contribution in [3.8, 4) is 11.3 Å². The summed E-state index contributed by atoms with van der Waals surface area (Å²) >= 11 is 1.24. The number of nitrogens with zero attached hydrogens (tertiary/aromatic N) is 3. The molecule has 0 radical (unpaired) electrons. The van der Waals surface area contributed by atoms with Crippen LogP contribution < -0.4 is 0 Å². The highest BCUT2D eigenvalue weighted by atomic mass is 32.2. The molecular weight excluding hydrogens is 274 g/mol. The Morgan fingerprint density at radius 2 is 2.05 bits per heavy atom. The van der Waals surface area contributed by atoms with Gasteiger partial charge in [0.25, 0.3) is 0 Å². The molecule has 0 aliphatic heterocycles. The molecule has 0 saturated heterocycles. The molecule has 0 fully saturated rings. The largest absolute Gasteiger partial charge is 0.465 e. The third-order valence-electron chi connectivity index (χ3n) is 2.51. The number of hydrogen-bond donors (Lipinski definition) is 0. The van der Waals surface area contributed by atoms with Crippen LogP contribution in [0.25, 0.3) is 11.3 Å². The van der Waals surface area contributed by atoms with Crippen molar-refractivity contribution < 1.29 is 9.53 Å². The molecule has 0 aliphatic rings. The van der Waals surface area contributed by atoms with Crippen LogP contribution in [0.3, 0.4) is 0 Å². The summed E-state index contributed by atoms with van der Waals surface area (Å²) in [5.41, 5.74) is 1.67. The molecule has 1 atom stereocenters. The van der Waals surface area contributed by atoms with Crippen molar-refractivity contribution in [2.24, 2.45) is 0 Å². The highest BCUT2D eigenvalue weighted by Gasteiger charge is 2.17. The van der Waals surface area contributed by atoms with Gasteiger partial charge in [-0.1, -0.05) is 42.1 Å². The number of ether oxygens (including phenoxy) is 1. The van der Waals surface area contributed by atoms with Gasteiger partial charge in [0.15, 0.2) is 0 Å². The third-order valence-corrected chi connectivity index (χ3v) is 3.45. The summed E-state index contributed by atoms with van der Waals surface area (Å²) in [5.74, 6) is -0.270. The topological polar surface area (TPSA) is 65.0 Å². The number of thioether (sulfide) groups is 1. The number of hydrogen-bond acceptors (Lipinski definition) is 6. The minimum atomic E-state index is -0.348. The molecule has 1 aromatic carbocycles. The quantitative estimate of drug-likeness (QED) is 0.622. The molecule has 0 amide bonds. The highest BCUT2D eigenvalue weighted by molar-refractivity contribution is 8.00. The van der Waals surface area contributed by atoms with Crippen LogP contribution in [0.1, 0.15) is 13.8 Å². The standard InChI is InChI=1S/C14H15N3O2S/c1-3-19-13(18)10(2)20-14-15-9-12(16-17-14)11-7-5-4-6-8-11/h4-10H,3H2,1-2H3. The number of carbonyl (C=O) groups is 1. The maximum absolute atomic E-state index is 11.5. The summed E-state index contributed by atoms with van der Waals surface area (Å²) in [7, 11) is 0. The van der Waals surface area contributed by atoms with E-state index in [0.29, 0.717) is 17.5 Å². The summed E-state index contributed by atoms with van der Waals surface area (Å²) in [6.45, 7) is 3.91. The van der Waals surface area contributed by atoms with Gasteiger partial charge < -0.3 is 4.74 Å². The van der Waals surface area contributed by atoms with Crippen LogP contribution >= 0.6 is 11.8 Å². The van der Waals surface area contributed by atoms with E-state index in [9.17, 15) is 4.79 Å². The predicted molar refractivity (Wildman–Crippen MR) is 77.2 cm³/mol. The lowest BCUT2D eigenvalue weighted by Crippen LogP contribution is -2.17. The van der Waals surface area contributed by atoms with E-state index in [1.54, 1.807) is 20.0 Å². The maximum atomic E-state index is 11.5. The Kier molecular flexibility index (Phi) is 5.06.